The van der Waals surface area contributed by atoms with Crippen LogP contribution in [0.25, 0.3) is 8.94 Å². The van der Waals surface area contributed by atoms with Gasteiger partial charge in [-0.15, -0.1) is 0 Å². The predicted octanol–water partition coefficient (Wildman–Crippen LogP) is 7.62. The summed E-state index contributed by atoms with van der Waals surface area (Å²) in [5, 5.41) is 0. The van der Waals surface area contributed by atoms with E-state index in [1.54, 1.807) is 20.1 Å². The molecule has 0 nitrogen and oxygen atoms in total. The van der Waals surface area contributed by atoms with Crippen LogP contribution in [0, 0.1) is 0 Å². The van der Waals surface area contributed by atoms with E-state index in [0.717, 1.165) is 0 Å². The Kier molecular flexibility index (Phi) is 9.06. The van der Waals surface area contributed by atoms with E-state index in [1.165, 1.54) is 22.3 Å². The number of allylic oxidation sites excluding steroid dienone is 2. The fraction of sp³-hybridized carbons (Fsp3) is 0.176. The molecule has 0 bridgehead atoms. The summed E-state index contributed by atoms with van der Waals surface area (Å²) < 4.78 is 3.13. The van der Waals surface area contributed by atoms with Crippen molar-refractivity contribution in [1.29, 1.82) is 0 Å². The van der Waals surface area contributed by atoms with Crippen molar-refractivity contribution in [3.05, 3.63) is 155 Å². The molecule has 0 heterocycles. The van der Waals surface area contributed by atoms with Gasteiger partial charge in [0.05, 0.1) is 0 Å². The van der Waals surface area contributed by atoms with E-state index >= 15 is 0 Å². The van der Waals surface area contributed by atoms with Crippen LogP contribution in [-0.4, -0.2) is 59.8 Å². The van der Waals surface area contributed by atoms with Crippen LogP contribution in [0.1, 0.15) is 22.3 Å². The van der Waals surface area contributed by atoms with Crippen LogP contribution in [0.3, 0.4) is 0 Å². The molecule has 5 rings (SSSR count). The summed E-state index contributed by atoms with van der Waals surface area (Å²) in [7, 11) is 0. The van der Waals surface area contributed by atoms with Gasteiger partial charge in [-0.25, -0.2) is 0 Å². The van der Waals surface area contributed by atoms with E-state index in [4.69, 9.17) is 0 Å². The Labute approximate surface area is 253 Å². The van der Waals surface area contributed by atoms with Crippen molar-refractivity contribution in [2.45, 2.75) is 31.9 Å². The van der Waals surface area contributed by atoms with Crippen molar-refractivity contribution in [3.8, 4) is 0 Å². The molecular formula is C34H32Se4. The topological polar surface area (TPSA) is 0 Å². The molecule has 0 radical (unpaired) electrons. The van der Waals surface area contributed by atoms with Crippen molar-refractivity contribution in [2.75, 3.05) is 0 Å². The van der Waals surface area contributed by atoms with Gasteiger partial charge in [0.25, 0.3) is 0 Å². The first-order valence-corrected chi connectivity index (χ1v) is 22.9. The van der Waals surface area contributed by atoms with Crippen molar-refractivity contribution in [3.63, 3.8) is 0 Å². The Balaban J connectivity index is 2.01. The summed E-state index contributed by atoms with van der Waals surface area (Å²) >= 11 is 1.38. The Morgan fingerprint density at radius 3 is 0.974 bits per heavy atom. The molecule has 0 N–H and O–H groups in total. The zero-order valence-electron chi connectivity index (χ0n) is 22.2. The quantitative estimate of drug-likeness (QED) is 0.163. The van der Waals surface area contributed by atoms with Gasteiger partial charge >= 0.3 is 255 Å². The first-order chi connectivity index (χ1) is 18.7. The second-order valence-corrected chi connectivity index (χ2v) is 16.8. The maximum absolute atomic E-state index is 2.49. The Hall–Kier alpha value is -1.56. The standard InChI is InChI=1S/C34H32Se4/c1-35-31(25-17-9-5-10-18-25)29-30(32(36-2)26-19-11-6-12-20-26)34(38-4,28-23-15-8-16-24-28)33(29,37-3)27-21-13-7-14-22-27/h5-24H,1-4H3/b31-29-,32-30+. The predicted molar refractivity (Wildman–Crippen MR) is 169 cm³/mol. The summed E-state index contributed by atoms with van der Waals surface area (Å²) in [4.78, 5) is 0. The molecule has 0 amide bonds. The third kappa shape index (κ3) is 4.41. The summed E-state index contributed by atoms with van der Waals surface area (Å²) in [5.41, 5.74) is 9.04. The molecule has 192 valence electrons. The SMILES string of the molecule is C[Se]/C(=C1/C(=C(\[Se]C)c2ccccc2)C([Se]C)(c2ccccc2)C1([Se]C)c1ccccc1)c1ccccc1. The molecule has 2 atom stereocenters. The van der Waals surface area contributed by atoms with Gasteiger partial charge in [0, 0.05) is 0 Å². The average Bonchev–Trinajstić information content (AvgIpc) is 2.99. The van der Waals surface area contributed by atoms with Crippen molar-refractivity contribution in [1.82, 2.24) is 0 Å². The fourth-order valence-electron chi connectivity index (χ4n) is 5.86. The summed E-state index contributed by atoms with van der Waals surface area (Å²) in [6.07, 6.45) is 0. The maximum atomic E-state index is 2.49. The van der Waals surface area contributed by atoms with Crippen LogP contribution in [0.15, 0.2) is 132 Å². The Morgan fingerprint density at radius 2 is 0.711 bits per heavy atom. The molecule has 38 heavy (non-hydrogen) atoms. The molecule has 4 heteroatoms. The molecule has 1 fully saturated rings. The molecular weight excluding hydrogens is 724 g/mol. The van der Waals surface area contributed by atoms with Gasteiger partial charge in [-0.05, 0) is 0 Å². The molecule has 0 aliphatic heterocycles. The van der Waals surface area contributed by atoms with Gasteiger partial charge in [-0.2, -0.15) is 0 Å². The van der Waals surface area contributed by atoms with Crippen LogP contribution >= 0.6 is 0 Å². The normalized spacial score (nSPS) is 23.5. The van der Waals surface area contributed by atoms with Crippen LogP contribution in [-0.2, 0) is 8.63 Å². The van der Waals surface area contributed by atoms with Crippen molar-refractivity contribution >= 4 is 68.8 Å². The van der Waals surface area contributed by atoms with Gasteiger partial charge in [0.1, 0.15) is 0 Å². The summed E-state index contributed by atoms with van der Waals surface area (Å²) in [6.45, 7) is 0. The third-order valence-electron chi connectivity index (χ3n) is 7.36. The van der Waals surface area contributed by atoms with Gasteiger partial charge in [0.15, 0.2) is 0 Å². The molecule has 4 aromatic rings. The van der Waals surface area contributed by atoms with Gasteiger partial charge in [-0.3, -0.25) is 0 Å². The first-order valence-electron chi connectivity index (χ1n) is 12.6. The second-order valence-electron chi connectivity index (χ2n) is 9.05. The fourth-order valence-corrected chi connectivity index (χ4v) is 17.2. The zero-order chi connectivity index (χ0) is 26.6. The number of hydrogen-bond acceptors (Lipinski definition) is 0. The monoisotopic (exact) mass is 760 g/mol. The molecule has 2 unspecified atom stereocenters. The third-order valence-corrected chi connectivity index (χ3v) is 17.3. The van der Waals surface area contributed by atoms with E-state index in [1.807, 2.05) is 0 Å². The zero-order valence-corrected chi connectivity index (χ0v) is 29.0. The van der Waals surface area contributed by atoms with E-state index in [2.05, 4.69) is 145 Å². The van der Waals surface area contributed by atoms with Crippen LogP contribution in [0.4, 0.5) is 0 Å². The Bertz CT molecular complexity index is 1320. The minimum absolute atomic E-state index is 0.0130. The molecule has 4 aromatic carbocycles. The van der Waals surface area contributed by atoms with E-state index in [0.29, 0.717) is 59.8 Å². The first kappa shape index (κ1) is 28.0. The van der Waals surface area contributed by atoms with Crippen molar-refractivity contribution < 1.29 is 0 Å². The molecule has 0 spiro atoms. The van der Waals surface area contributed by atoms with E-state index < -0.39 is 0 Å². The molecule has 1 aliphatic carbocycles. The Morgan fingerprint density at radius 1 is 0.421 bits per heavy atom. The van der Waals surface area contributed by atoms with Crippen LogP contribution in [0.2, 0.25) is 23.3 Å². The van der Waals surface area contributed by atoms with Crippen LogP contribution < -0.4 is 0 Å². The van der Waals surface area contributed by atoms with E-state index in [9.17, 15) is 0 Å². The summed E-state index contributed by atoms with van der Waals surface area (Å²) in [6, 6.07) is 45.5. The molecule has 0 saturated heterocycles. The molecule has 0 aromatic heterocycles. The van der Waals surface area contributed by atoms with Crippen LogP contribution in [0.5, 0.6) is 0 Å². The van der Waals surface area contributed by atoms with Crippen molar-refractivity contribution in [2.24, 2.45) is 0 Å². The molecule has 1 aliphatic rings. The van der Waals surface area contributed by atoms with Gasteiger partial charge in [0.2, 0.25) is 0 Å². The summed E-state index contributed by atoms with van der Waals surface area (Å²) in [5.74, 6) is 9.81. The number of rotatable bonds is 8. The van der Waals surface area contributed by atoms with E-state index in [-0.39, 0.29) is 8.63 Å². The number of benzene rings is 4. The minimum atomic E-state index is -0.0130. The average molecular weight is 756 g/mol. The number of hydrogen-bond donors (Lipinski definition) is 0. The molecule has 1 saturated carbocycles. The second kappa shape index (κ2) is 12.3. The van der Waals surface area contributed by atoms with Gasteiger partial charge < -0.3 is 0 Å². The van der Waals surface area contributed by atoms with Gasteiger partial charge in [-0.1, -0.05) is 0 Å².